The molecular formula is C15H19NO4. The molecule has 20 heavy (non-hydrogen) atoms. The van der Waals surface area contributed by atoms with E-state index in [0.29, 0.717) is 24.0 Å². The van der Waals surface area contributed by atoms with E-state index >= 15 is 0 Å². The topological polar surface area (TPSA) is 86.6 Å². The Kier molecular flexibility index (Phi) is 3.97. The van der Waals surface area contributed by atoms with Crippen LogP contribution in [0.25, 0.3) is 0 Å². The number of aliphatic carboxylic acids is 1. The molecule has 5 heteroatoms. The molecule has 1 saturated carbocycles. The van der Waals surface area contributed by atoms with Crippen molar-refractivity contribution in [3.05, 3.63) is 29.3 Å². The first-order chi connectivity index (χ1) is 9.44. The second kappa shape index (κ2) is 5.53. The van der Waals surface area contributed by atoms with Crippen LogP contribution in [-0.2, 0) is 4.79 Å². The first kappa shape index (κ1) is 14.4. The van der Waals surface area contributed by atoms with Crippen molar-refractivity contribution >= 4 is 11.9 Å². The van der Waals surface area contributed by atoms with Gasteiger partial charge in [0.05, 0.1) is 0 Å². The summed E-state index contributed by atoms with van der Waals surface area (Å²) in [5, 5.41) is 21.5. The Bertz CT molecular complexity index is 533. The number of carbonyl (C=O) groups excluding carboxylic acids is 1. The molecule has 1 fully saturated rings. The number of carboxylic acids is 1. The van der Waals surface area contributed by atoms with Gasteiger partial charge in [-0.25, -0.2) is 4.79 Å². The van der Waals surface area contributed by atoms with E-state index in [-0.39, 0.29) is 5.75 Å². The summed E-state index contributed by atoms with van der Waals surface area (Å²) in [5.74, 6) is -1.28. The van der Waals surface area contributed by atoms with Crippen LogP contribution in [0.5, 0.6) is 5.75 Å². The number of benzene rings is 1. The highest BCUT2D eigenvalue weighted by atomic mass is 16.4. The maximum Gasteiger partial charge on any atom is 0.329 e. The molecular weight excluding hydrogens is 258 g/mol. The van der Waals surface area contributed by atoms with Crippen LogP contribution in [-0.4, -0.2) is 27.6 Å². The molecule has 1 amide bonds. The maximum atomic E-state index is 12.3. The van der Waals surface area contributed by atoms with Crippen molar-refractivity contribution in [2.45, 2.75) is 44.6 Å². The molecule has 0 atom stereocenters. The minimum Gasteiger partial charge on any atom is -0.508 e. The van der Waals surface area contributed by atoms with E-state index in [0.717, 1.165) is 19.3 Å². The summed E-state index contributed by atoms with van der Waals surface area (Å²) in [6.45, 7) is 1.71. The average Bonchev–Trinajstić information content (AvgIpc) is 2.39. The number of rotatable bonds is 3. The quantitative estimate of drug-likeness (QED) is 0.790. The zero-order valence-corrected chi connectivity index (χ0v) is 11.5. The number of aryl methyl sites for hydroxylation is 1. The van der Waals surface area contributed by atoms with Gasteiger partial charge in [0.15, 0.2) is 0 Å². The summed E-state index contributed by atoms with van der Waals surface area (Å²) in [6.07, 6.45) is 3.54. The van der Waals surface area contributed by atoms with Crippen LogP contribution in [0, 0.1) is 6.92 Å². The van der Waals surface area contributed by atoms with Gasteiger partial charge < -0.3 is 15.5 Å². The Hall–Kier alpha value is -2.04. The SMILES string of the molecule is Cc1cc(O)ccc1C(=O)NC1(C(=O)O)CCCCC1. The molecule has 5 nitrogen and oxygen atoms in total. The molecule has 0 aliphatic heterocycles. The van der Waals surface area contributed by atoms with E-state index in [9.17, 15) is 19.8 Å². The van der Waals surface area contributed by atoms with E-state index < -0.39 is 17.4 Å². The number of aromatic hydroxyl groups is 1. The van der Waals surface area contributed by atoms with E-state index in [2.05, 4.69) is 5.32 Å². The van der Waals surface area contributed by atoms with Crippen molar-refractivity contribution in [3.63, 3.8) is 0 Å². The zero-order chi connectivity index (χ0) is 14.8. The molecule has 1 aliphatic carbocycles. The van der Waals surface area contributed by atoms with Crippen LogP contribution >= 0.6 is 0 Å². The van der Waals surface area contributed by atoms with E-state index in [1.807, 2.05) is 0 Å². The molecule has 0 spiro atoms. The molecule has 0 radical (unpaired) electrons. The Labute approximate surface area is 117 Å². The molecule has 0 unspecified atom stereocenters. The van der Waals surface area contributed by atoms with E-state index in [1.165, 1.54) is 18.2 Å². The second-order valence-electron chi connectivity index (χ2n) is 5.40. The third-order valence-corrected chi connectivity index (χ3v) is 3.92. The number of nitrogens with one attached hydrogen (secondary N) is 1. The highest BCUT2D eigenvalue weighted by Gasteiger charge is 2.41. The lowest BCUT2D eigenvalue weighted by Crippen LogP contribution is -2.55. The Morgan fingerprint density at radius 1 is 1.20 bits per heavy atom. The van der Waals surface area contributed by atoms with Gasteiger partial charge in [-0.2, -0.15) is 0 Å². The van der Waals surface area contributed by atoms with E-state index in [1.54, 1.807) is 6.92 Å². The summed E-state index contributed by atoms with van der Waals surface area (Å²) in [6, 6.07) is 4.43. The third-order valence-electron chi connectivity index (χ3n) is 3.92. The van der Waals surface area contributed by atoms with Crippen molar-refractivity contribution in [1.29, 1.82) is 0 Å². The molecule has 1 aliphatic rings. The molecule has 2 rings (SSSR count). The van der Waals surface area contributed by atoms with Crippen LogP contribution < -0.4 is 5.32 Å². The fourth-order valence-electron chi connectivity index (χ4n) is 2.73. The minimum atomic E-state index is -1.15. The molecule has 3 N–H and O–H groups in total. The lowest BCUT2D eigenvalue weighted by atomic mass is 9.81. The number of carboxylic acid groups (broad SMARTS) is 1. The van der Waals surface area contributed by atoms with Crippen LogP contribution in [0.3, 0.4) is 0 Å². The standard InChI is InChI=1S/C15H19NO4/c1-10-9-11(17)5-6-12(10)13(18)16-15(14(19)20)7-3-2-4-8-15/h5-6,9,17H,2-4,7-8H2,1H3,(H,16,18)(H,19,20). The van der Waals surface area contributed by atoms with Gasteiger partial charge in [0.1, 0.15) is 11.3 Å². The Morgan fingerprint density at radius 2 is 1.85 bits per heavy atom. The smallest absolute Gasteiger partial charge is 0.329 e. The van der Waals surface area contributed by atoms with Crippen LogP contribution in [0.1, 0.15) is 48.0 Å². The van der Waals surface area contributed by atoms with Crippen molar-refractivity contribution < 1.29 is 19.8 Å². The molecule has 108 valence electrons. The number of phenols is 1. The lowest BCUT2D eigenvalue weighted by Gasteiger charge is -2.34. The molecule has 1 aromatic rings. The number of hydrogen-bond donors (Lipinski definition) is 3. The number of carbonyl (C=O) groups is 2. The Balaban J connectivity index is 2.22. The minimum absolute atomic E-state index is 0.0877. The van der Waals surface area contributed by atoms with Gasteiger partial charge in [-0.05, 0) is 43.5 Å². The fourth-order valence-corrected chi connectivity index (χ4v) is 2.73. The van der Waals surface area contributed by atoms with Gasteiger partial charge in [0.25, 0.3) is 5.91 Å². The van der Waals surface area contributed by atoms with Crippen molar-refractivity contribution in [2.75, 3.05) is 0 Å². The van der Waals surface area contributed by atoms with Crippen LogP contribution in [0.2, 0.25) is 0 Å². The van der Waals surface area contributed by atoms with Gasteiger partial charge in [0.2, 0.25) is 0 Å². The summed E-state index contributed by atoms with van der Waals surface area (Å²) >= 11 is 0. The zero-order valence-electron chi connectivity index (χ0n) is 11.5. The Morgan fingerprint density at radius 3 is 2.40 bits per heavy atom. The van der Waals surface area contributed by atoms with Gasteiger partial charge >= 0.3 is 5.97 Å². The van der Waals surface area contributed by atoms with Gasteiger partial charge in [-0.3, -0.25) is 4.79 Å². The first-order valence-electron chi connectivity index (χ1n) is 6.80. The first-order valence-corrected chi connectivity index (χ1v) is 6.80. The summed E-state index contributed by atoms with van der Waals surface area (Å²) < 4.78 is 0. The highest BCUT2D eigenvalue weighted by molar-refractivity contribution is 5.99. The molecule has 0 saturated heterocycles. The lowest BCUT2D eigenvalue weighted by molar-refractivity contribution is -0.145. The molecule has 0 aromatic heterocycles. The van der Waals surface area contributed by atoms with Gasteiger partial charge in [-0.15, -0.1) is 0 Å². The summed E-state index contributed by atoms with van der Waals surface area (Å²) in [4.78, 5) is 23.8. The van der Waals surface area contributed by atoms with Crippen molar-refractivity contribution in [3.8, 4) is 5.75 Å². The predicted octanol–water partition coefficient (Wildman–Crippen LogP) is 2.22. The molecule has 0 bridgehead atoms. The summed E-state index contributed by atoms with van der Waals surface area (Å²) in [7, 11) is 0. The van der Waals surface area contributed by atoms with Crippen LogP contribution in [0.15, 0.2) is 18.2 Å². The van der Waals surface area contributed by atoms with Gasteiger partial charge in [0, 0.05) is 5.56 Å². The molecule has 1 aromatic carbocycles. The molecule has 0 heterocycles. The largest absolute Gasteiger partial charge is 0.508 e. The van der Waals surface area contributed by atoms with Crippen LogP contribution in [0.4, 0.5) is 0 Å². The predicted molar refractivity (Wildman–Crippen MR) is 73.8 cm³/mol. The van der Waals surface area contributed by atoms with E-state index in [4.69, 9.17) is 0 Å². The van der Waals surface area contributed by atoms with Crippen molar-refractivity contribution in [2.24, 2.45) is 0 Å². The number of hydrogen-bond acceptors (Lipinski definition) is 3. The fraction of sp³-hybridized carbons (Fsp3) is 0.467. The van der Waals surface area contributed by atoms with Gasteiger partial charge in [-0.1, -0.05) is 19.3 Å². The monoisotopic (exact) mass is 277 g/mol. The number of phenolic OH excluding ortho intramolecular Hbond substituents is 1. The highest BCUT2D eigenvalue weighted by Crippen LogP contribution is 2.29. The summed E-state index contributed by atoms with van der Waals surface area (Å²) in [5.41, 5.74) is -0.132. The maximum absolute atomic E-state index is 12.3. The van der Waals surface area contributed by atoms with Crippen molar-refractivity contribution in [1.82, 2.24) is 5.32 Å². The number of amides is 1. The average molecular weight is 277 g/mol. The third kappa shape index (κ3) is 2.76. The second-order valence-corrected chi connectivity index (χ2v) is 5.40. The normalized spacial score (nSPS) is 17.4.